The summed E-state index contributed by atoms with van der Waals surface area (Å²) in [7, 11) is 0. The molecule has 1 aliphatic heterocycles. The fourth-order valence-corrected chi connectivity index (χ4v) is 4.45. The van der Waals surface area contributed by atoms with E-state index in [9.17, 15) is 0 Å². The van der Waals surface area contributed by atoms with E-state index in [1.807, 2.05) is 11.3 Å². The highest BCUT2D eigenvalue weighted by atomic mass is 32.1. The zero-order valence-corrected chi connectivity index (χ0v) is 12.6. The topological polar surface area (TPSA) is 41.6 Å². The van der Waals surface area contributed by atoms with Crippen LogP contribution < -0.4 is 5.73 Å². The maximum absolute atomic E-state index is 6.19. The van der Waals surface area contributed by atoms with Crippen LogP contribution in [0.5, 0.6) is 0 Å². The molecule has 4 heteroatoms. The number of hydrogen-bond donors (Lipinski definition) is 1. The number of aliphatic imine (C=N–C) groups is 1. The molecule has 1 aromatic rings. The summed E-state index contributed by atoms with van der Waals surface area (Å²) in [5.74, 6) is 2.17. The first kappa shape index (κ1) is 13.0. The number of guanidine groups is 1. The van der Waals surface area contributed by atoms with Crippen molar-refractivity contribution in [2.75, 3.05) is 6.54 Å². The first-order valence-electron chi connectivity index (χ1n) is 7.23. The number of nitrogens with zero attached hydrogens (tertiary/aromatic N) is 2. The van der Waals surface area contributed by atoms with E-state index in [0.717, 1.165) is 25.0 Å². The van der Waals surface area contributed by atoms with Gasteiger partial charge in [0.1, 0.15) is 0 Å². The van der Waals surface area contributed by atoms with Crippen LogP contribution in [0, 0.1) is 11.8 Å². The van der Waals surface area contributed by atoms with E-state index in [0.29, 0.717) is 5.92 Å². The van der Waals surface area contributed by atoms with E-state index in [1.165, 1.54) is 24.1 Å². The maximum Gasteiger partial charge on any atom is 0.192 e. The zero-order valence-electron chi connectivity index (χ0n) is 11.8. The highest BCUT2D eigenvalue weighted by Crippen LogP contribution is 2.44. The van der Waals surface area contributed by atoms with Crippen LogP contribution in [-0.4, -0.2) is 22.9 Å². The second-order valence-electron chi connectivity index (χ2n) is 6.10. The number of thiophene rings is 1. The van der Waals surface area contributed by atoms with Gasteiger partial charge in [0.2, 0.25) is 0 Å². The van der Waals surface area contributed by atoms with Crippen molar-refractivity contribution in [1.82, 2.24) is 4.90 Å². The second-order valence-corrected chi connectivity index (χ2v) is 7.13. The van der Waals surface area contributed by atoms with E-state index in [-0.39, 0.29) is 5.54 Å². The molecule has 1 spiro atoms. The van der Waals surface area contributed by atoms with Gasteiger partial charge >= 0.3 is 0 Å². The van der Waals surface area contributed by atoms with E-state index in [1.54, 1.807) is 0 Å². The minimum absolute atomic E-state index is 0.172. The fourth-order valence-electron chi connectivity index (χ4n) is 3.75. The van der Waals surface area contributed by atoms with Crippen molar-refractivity contribution in [1.29, 1.82) is 0 Å². The molecule has 3 atom stereocenters. The highest BCUT2D eigenvalue weighted by molar-refractivity contribution is 7.09. The summed E-state index contributed by atoms with van der Waals surface area (Å²) in [4.78, 5) is 8.35. The smallest absolute Gasteiger partial charge is 0.192 e. The van der Waals surface area contributed by atoms with Crippen LogP contribution in [0.4, 0.5) is 0 Å². The third-order valence-corrected chi connectivity index (χ3v) is 6.05. The summed E-state index contributed by atoms with van der Waals surface area (Å²) in [5, 5.41) is 2.14. The Morgan fingerprint density at radius 3 is 3.11 bits per heavy atom. The predicted molar refractivity (Wildman–Crippen MR) is 81.3 cm³/mol. The monoisotopic (exact) mass is 277 g/mol. The summed E-state index contributed by atoms with van der Waals surface area (Å²) in [6.45, 7) is 6.57. The van der Waals surface area contributed by atoms with E-state index >= 15 is 0 Å². The molecule has 2 heterocycles. The third-order valence-electron chi connectivity index (χ3n) is 5.19. The number of rotatable bonds is 2. The van der Waals surface area contributed by atoms with Crippen LogP contribution in [0.1, 0.15) is 38.0 Å². The Balaban J connectivity index is 1.88. The van der Waals surface area contributed by atoms with Gasteiger partial charge in [-0.1, -0.05) is 32.8 Å². The molecule has 0 radical (unpaired) electrons. The van der Waals surface area contributed by atoms with Gasteiger partial charge in [-0.25, -0.2) is 0 Å². The molecule has 1 aromatic heterocycles. The van der Waals surface area contributed by atoms with Crippen LogP contribution in [0.15, 0.2) is 22.5 Å². The average molecular weight is 277 g/mol. The Labute approximate surface area is 119 Å². The Kier molecular flexibility index (Phi) is 3.29. The molecule has 3 rings (SSSR count). The predicted octanol–water partition coefficient (Wildman–Crippen LogP) is 3.07. The SMILES string of the molecule is CC1CCCC2(CN=C(N)N2Cc2cccs2)C1C. The summed E-state index contributed by atoms with van der Waals surface area (Å²) in [6.07, 6.45) is 3.87. The standard InChI is InChI=1S/C15H23N3S/c1-11-5-3-7-15(12(11)2)10-17-14(16)18(15)9-13-6-4-8-19-13/h4,6,8,11-12H,3,5,7,9-10H2,1-2H3,(H2,16,17). The normalized spacial score (nSPS) is 34.8. The van der Waals surface area contributed by atoms with Gasteiger partial charge in [-0.2, -0.15) is 0 Å². The summed E-state index contributed by atoms with van der Waals surface area (Å²) in [5.41, 5.74) is 6.36. The quantitative estimate of drug-likeness (QED) is 0.902. The third kappa shape index (κ3) is 2.06. The van der Waals surface area contributed by atoms with Crippen LogP contribution in [0.2, 0.25) is 0 Å². The van der Waals surface area contributed by atoms with Gasteiger partial charge < -0.3 is 10.6 Å². The van der Waals surface area contributed by atoms with Crippen molar-refractivity contribution >= 4 is 17.3 Å². The van der Waals surface area contributed by atoms with Crippen molar-refractivity contribution in [3.05, 3.63) is 22.4 Å². The molecule has 0 aromatic carbocycles. The first-order chi connectivity index (χ1) is 9.13. The van der Waals surface area contributed by atoms with Gasteiger partial charge in [0.15, 0.2) is 5.96 Å². The molecule has 1 aliphatic carbocycles. The molecule has 0 bridgehead atoms. The van der Waals surface area contributed by atoms with Gasteiger partial charge in [0.25, 0.3) is 0 Å². The molecule has 19 heavy (non-hydrogen) atoms. The van der Waals surface area contributed by atoms with Crippen molar-refractivity contribution in [3.63, 3.8) is 0 Å². The summed E-state index contributed by atoms with van der Waals surface area (Å²) in [6, 6.07) is 4.31. The second kappa shape index (κ2) is 4.82. The summed E-state index contributed by atoms with van der Waals surface area (Å²) < 4.78 is 0. The Bertz CT molecular complexity index is 468. The van der Waals surface area contributed by atoms with Crippen molar-refractivity contribution in [2.45, 2.75) is 45.2 Å². The lowest BCUT2D eigenvalue weighted by Crippen LogP contribution is -2.57. The average Bonchev–Trinajstić information content (AvgIpc) is 3.00. The summed E-state index contributed by atoms with van der Waals surface area (Å²) >= 11 is 1.81. The molecule has 0 saturated heterocycles. The molecule has 2 aliphatic rings. The zero-order chi connectivity index (χ0) is 13.5. The lowest BCUT2D eigenvalue weighted by molar-refractivity contribution is 0.0443. The number of hydrogen-bond acceptors (Lipinski definition) is 4. The first-order valence-corrected chi connectivity index (χ1v) is 8.11. The van der Waals surface area contributed by atoms with Gasteiger partial charge in [0, 0.05) is 4.88 Å². The van der Waals surface area contributed by atoms with Gasteiger partial charge in [-0.05, 0) is 29.7 Å². The van der Waals surface area contributed by atoms with E-state index < -0.39 is 0 Å². The molecule has 3 unspecified atom stereocenters. The van der Waals surface area contributed by atoms with Crippen molar-refractivity contribution < 1.29 is 0 Å². The Morgan fingerprint density at radius 2 is 2.37 bits per heavy atom. The van der Waals surface area contributed by atoms with Gasteiger partial charge in [-0.15, -0.1) is 11.3 Å². The molecule has 1 fully saturated rings. The van der Waals surface area contributed by atoms with Crippen LogP contribution >= 0.6 is 11.3 Å². The van der Waals surface area contributed by atoms with E-state index in [4.69, 9.17) is 5.73 Å². The maximum atomic E-state index is 6.19. The molecule has 0 amide bonds. The molecule has 104 valence electrons. The molecule has 3 nitrogen and oxygen atoms in total. The number of nitrogens with two attached hydrogens (primary N) is 1. The van der Waals surface area contributed by atoms with Gasteiger partial charge in [-0.3, -0.25) is 4.99 Å². The Morgan fingerprint density at radius 1 is 1.53 bits per heavy atom. The van der Waals surface area contributed by atoms with Crippen LogP contribution in [-0.2, 0) is 6.54 Å². The molecular weight excluding hydrogens is 254 g/mol. The minimum atomic E-state index is 0.172. The molecule has 1 saturated carbocycles. The Hall–Kier alpha value is -1.03. The van der Waals surface area contributed by atoms with Crippen molar-refractivity contribution in [3.8, 4) is 0 Å². The van der Waals surface area contributed by atoms with E-state index in [2.05, 4.69) is 41.3 Å². The molecular formula is C15H23N3S. The molecule has 2 N–H and O–H groups in total. The van der Waals surface area contributed by atoms with Gasteiger partial charge in [0.05, 0.1) is 18.6 Å². The lowest BCUT2D eigenvalue weighted by Gasteiger charge is -2.49. The minimum Gasteiger partial charge on any atom is -0.370 e. The van der Waals surface area contributed by atoms with Crippen molar-refractivity contribution in [2.24, 2.45) is 22.6 Å². The fraction of sp³-hybridized carbons (Fsp3) is 0.667. The lowest BCUT2D eigenvalue weighted by atomic mass is 9.68. The van der Waals surface area contributed by atoms with Crippen LogP contribution in [0.25, 0.3) is 0 Å². The van der Waals surface area contributed by atoms with Crippen LogP contribution in [0.3, 0.4) is 0 Å². The largest absolute Gasteiger partial charge is 0.370 e. The highest BCUT2D eigenvalue weighted by Gasteiger charge is 2.49.